The molecule has 0 bridgehead atoms. The average Bonchev–Trinajstić information content (AvgIpc) is 2.73. The molecule has 28 heavy (non-hydrogen) atoms. The van der Waals surface area contributed by atoms with Gasteiger partial charge in [-0.15, -0.1) is 0 Å². The van der Waals surface area contributed by atoms with Gasteiger partial charge in [0.1, 0.15) is 12.4 Å². The molecule has 0 atom stereocenters. The van der Waals surface area contributed by atoms with E-state index in [1.54, 1.807) is 42.7 Å². The number of hydrogen-bond acceptors (Lipinski definition) is 4. The summed E-state index contributed by atoms with van der Waals surface area (Å²) in [4.78, 5) is 21.5. The van der Waals surface area contributed by atoms with E-state index < -0.39 is 0 Å². The molecule has 0 aliphatic heterocycles. The van der Waals surface area contributed by atoms with Crippen molar-refractivity contribution in [3.8, 4) is 5.75 Å². The highest BCUT2D eigenvalue weighted by Crippen LogP contribution is 2.35. The van der Waals surface area contributed by atoms with Crippen LogP contribution in [-0.4, -0.2) is 15.8 Å². The molecule has 1 aromatic heterocycles. The number of carbonyl (C=O) groups is 1. The summed E-state index contributed by atoms with van der Waals surface area (Å²) in [5.41, 5.74) is 2.96. The topological polar surface area (TPSA) is 52.1 Å². The highest BCUT2D eigenvalue weighted by Gasteiger charge is 2.21. The zero-order valence-electron chi connectivity index (χ0n) is 14.6. The van der Waals surface area contributed by atoms with Gasteiger partial charge in [0.15, 0.2) is 5.78 Å². The lowest BCUT2D eigenvalue weighted by Gasteiger charge is -2.13. The van der Waals surface area contributed by atoms with E-state index in [9.17, 15) is 4.79 Å². The van der Waals surface area contributed by atoms with Crippen LogP contribution in [0.5, 0.6) is 5.75 Å². The summed E-state index contributed by atoms with van der Waals surface area (Å²) in [6, 6.07) is 18.1. The molecule has 0 N–H and O–H groups in total. The van der Waals surface area contributed by atoms with Crippen LogP contribution in [0.15, 0.2) is 73.1 Å². The first kappa shape index (κ1) is 18.4. The largest absolute Gasteiger partial charge is 0.487 e. The van der Waals surface area contributed by atoms with Gasteiger partial charge in [-0.05, 0) is 35.9 Å². The summed E-state index contributed by atoms with van der Waals surface area (Å²) in [5, 5.41) is 0.453. The van der Waals surface area contributed by atoms with Crippen LogP contribution in [0.3, 0.4) is 0 Å². The number of benzene rings is 3. The van der Waals surface area contributed by atoms with Crippen molar-refractivity contribution in [1.29, 1.82) is 0 Å². The van der Waals surface area contributed by atoms with Crippen LogP contribution in [0.4, 0.5) is 0 Å². The highest BCUT2D eigenvalue weighted by atomic mass is 35.5. The SMILES string of the molecule is O=C(c1ccc2nccnc2c1)c1c(Cl)ccc(OCc2ccccc2)c1Cl. The Balaban J connectivity index is 1.66. The Labute approximate surface area is 171 Å². The second kappa shape index (κ2) is 7.97. The van der Waals surface area contributed by atoms with Crippen LogP contribution >= 0.6 is 23.2 Å². The van der Waals surface area contributed by atoms with Gasteiger partial charge in [0, 0.05) is 18.0 Å². The quantitative estimate of drug-likeness (QED) is 0.394. The van der Waals surface area contributed by atoms with Gasteiger partial charge < -0.3 is 4.74 Å². The summed E-state index contributed by atoms with van der Waals surface area (Å²) in [6.45, 7) is 0.335. The monoisotopic (exact) mass is 408 g/mol. The van der Waals surface area contributed by atoms with Crippen molar-refractivity contribution in [3.63, 3.8) is 0 Å². The van der Waals surface area contributed by atoms with E-state index >= 15 is 0 Å². The summed E-state index contributed by atoms with van der Waals surface area (Å²) < 4.78 is 5.81. The number of rotatable bonds is 5. The number of fused-ring (bicyclic) bond motifs is 1. The van der Waals surface area contributed by atoms with E-state index in [1.807, 2.05) is 30.3 Å². The van der Waals surface area contributed by atoms with Crippen molar-refractivity contribution < 1.29 is 9.53 Å². The molecule has 4 nitrogen and oxygen atoms in total. The second-order valence-electron chi connectivity index (χ2n) is 6.10. The highest BCUT2D eigenvalue weighted by molar-refractivity contribution is 6.41. The van der Waals surface area contributed by atoms with Crippen molar-refractivity contribution in [1.82, 2.24) is 9.97 Å². The molecule has 0 amide bonds. The standard InChI is InChI=1S/C22H14Cl2N2O2/c23-16-7-9-19(28-13-14-4-2-1-3-5-14)21(24)20(16)22(27)15-6-8-17-18(12-15)26-11-10-25-17/h1-12H,13H2. The fraction of sp³-hybridized carbons (Fsp3) is 0.0455. The maximum absolute atomic E-state index is 13.1. The molecule has 0 aliphatic rings. The Morgan fingerprint density at radius 2 is 1.64 bits per heavy atom. The predicted molar refractivity (Wildman–Crippen MR) is 110 cm³/mol. The first-order valence-electron chi connectivity index (χ1n) is 8.53. The summed E-state index contributed by atoms with van der Waals surface area (Å²) in [6.07, 6.45) is 3.18. The molecule has 0 fully saturated rings. The third kappa shape index (κ3) is 3.70. The van der Waals surface area contributed by atoms with E-state index in [2.05, 4.69) is 9.97 Å². The maximum Gasteiger partial charge on any atom is 0.196 e. The van der Waals surface area contributed by atoms with E-state index in [0.717, 1.165) is 5.56 Å². The van der Waals surface area contributed by atoms with E-state index in [4.69, 9.17) is 27.9 Å². The molecule has 0 radical (unpaired) electrons. The summed E-state index contributed by atoms with van der Waals surface area (Å²) in [5.74, 6) is 0.103. The minimum absolute atomic E-state index is 0.188. The molecule has 0 unspecified atom stereocenters. The third-order valence-electron chi connectivity index (χ3n) is 4.25. The zero-order valence-corrected chi connectivity index (χ0v) is 16.1. The molecule has 0 saturated heterocycles. The first-order chi connectivity index (χ1) is 13.6. The molecular weight excluding hydrogens is 395 g/mol. The number of hydrogen-bond donors (Lipinski definition) is 0. The van der Waals surface area contributed by atoms with Crippen LogP contribution in [0.25, 0.3) is 11.0 Å². The van der Waals surface area contributed by atoms with E-state index in [0.29, 0.717) is 29.0 Å². The van der Waals surface area contributed by atoms with Gasteiger partial charge in [0.2, 0.25) is 0 Å². The van der Waals surface area contributed by atoms with Crippen LogP contribution < -0.4 is 4.74 Å². The van der Waals surface area contributed by atoms with Crippen molar-refractivity contribution >= 4 is 40.0 Å². The molecule has 138 valence electrons. The minimum Gasteiger partial charge on any atom is -0.487 e. The Bertz CT molecular complexity index is 1160. The summed E-state index contributed by atoms with van der Waals surface area (Å²) in [7, 11) is 0. The molecule has 4 aromatic rings. The fourth-order valence-corrected chi connectivity index (χ4v) is 3.43. The molecule has 3 aromatic carbocycles. The van der Waals surface area contributed by atoms with E-state index in [1.165, 1.54) is 0 Å². The Hall–Kier alpha value is -2.95. The number of halogens is 2. The normalized spacial score (nSPS) is 10.8. The van der Waals surface area contributed by atoms with Crippen LogP contribution in [0, 0.1) is 0 Å². The average molecular weight is 409 g/mol. The van der Waals surface area contributed by atoms with Gasteiger partial charge in [-0.1, -0.05) is 53.5 Å². The van der Waals surface area contributed by atoms with Gasteiger partial charge >= 0.3 is 0 Å². The lowest BCUT2D eigenvalue weighted by atomic mass is 10.0. The van der Waals surface area contributed by atoms with Crippen molar-refractivity contribution in [2.24, 2.45) is 0 Å². The molecule has 0 spiro atoms. The van der Waals surface area contributed by atoms with Crippen LogP contribution in [0.1, 0.15) is 21.5 Å². The van der Waals surface area contributed by atoms with Gasteiger partial charge in [-0.2, -0.15) is 0 Å². The fourth-order valence-electron chi connectivity index (χ4n) is 2.84. The number of aromatic nitrogens is 2. The molecule has 6 heteroatoms. The zero-order chi connectivity index (χ0) is 19.5. The number of ketones is 1. The van der Waals surface area contributed by atoms with Gasteiger partial charge in [-0.3, -0.25) is 14.8 Å². The van der Waals surface area contributed by atoms with Crippen molar-refractivity contribution in [3.05, 3.63) is 99.8 Å². The van der Waals surface area contributed by atoms with Crippen LogP contribution in [-0.2, 0) is 6.61 Å². The Kier molecular flexibility index (Phi) is 5.24. The third-order valence-corrected chi connectivity index (χ3v) is 4.94. The molecule has 4 rings (SSSR count). The Morgan fingerprint density at radius 3 is 2.43 bits per heavy atom. The first-order valence-corrected chi connectivity index (χ1v) is 9.29. The smallest absolute Gasteiger partial charge is 0.196 e. The maximum atomic E-state index is 13.1. The van der Waals surface area contributed by atoms with Gasteiger partial charge in [0.05, 0.1) is 26.6 Å². The molecule has 0 saturated carbocycles. The predicted octanol–water partition coefficient (Wildman–Crippen LogP) is 5.75. The van der Waals surface area contributed by atoms with Crippen molar-refractivity contribution in [2.45, 2.75) is 6.61 Å². The lowest BCUT2D eigenvalue weighted by Crippen LogP contribution is -2.05. The number of ether oxygens (including phenoxy) is 1. The van der Waals surface area contributed by atoms with Crippen molar-refractivity contribution in [2.75, 3.05) is 0 Å². The van der Waals surface area contributed by atoms with Gasteiger partial charge in [0.25, 0.3) is 0 Å². The minimum atomic E-state index is -0.298. The van der Waals surface area contributed by atoms with Gasteiger partial charge in [-0.25, -0.2) is 0 Å². The molecular formula is C22H14Cl2N2O2. The van der Waals surface area contributed by atoms with Crippen LogP contribution in [0.2, 0.25) is 10.0 Å². The Morgan fingerprint density at radius 1 is 0.893 bits per heavy atom. The lowest BCUT2D eigenvalue weighted by molar-refractivity contribution is 0.103. The molecule has 1 heterocycles. The number of carbonyl (C=O) groups excluding carboxylic acids is 1. The number of nitrogens with zero attached hydrogens (tertiary/aromatic N) is 2. The second-order valence-corrected chi connectivity index (χ2v) is 6.88. The molecule has 0 aliphatic carbocycles. The van der Waals surface area contributed by atoms with E-state index in [-0.39, 0.29) is 21.4 Å². The summed E-state index contributed by atoms with van der Waals surface area (Å²) >= 11 is 12.8.